The zero-order valence-electron chi connectivity index (χ0n) is 38.9. The number of nitrogens with zero attached hydrogens (tertiary/aromatic N) is 6. The van der Waals surface area contributed by atoms with Gasteiger partial charge in [-0.2, -0.15) is 0 Å². The maximum absolute atomic E-state index is 5.06. The van der Waals surface area contributed by atoms with Crippen LogP contribution in [0.2, 0.25) is 0 Å². The molecular formula is C64H48N6. The van der Waals surface area contributed by atoms with Gasteiger partial charge in [0.15, 0.2) is 34.9 Å². The summed E-state index contributed by atoms with van der Waals surface area (Å²) in [5.74, 6) is 5.97. The monoisotopic (exact) mass is 900 g/mol. The van der Waals surface area contributed by atoms with Gasteiger partial charge in [-0.25, -0.2) is 29.9 Å². The molecule has 70 heavy (non-hydrogen) atoms. The van der Waals surface area contributed by atoms with Crippen molar-refractivity contribution < 1.29 is 0 Å². The molecule has 3 saturated carbocycles. The van der Waals surface area contributed by atoms with E-state index in [1.54, 1.807) is 0 Å². The van der Waals surface area contributed by atoms with Crippen LogP contribution < -0.4 is 0 Å². The average Bonchev–Trinajstić information content (AvgIpc) is 3.95. The first kappa shape index (κ1) is 40.8. The van der Waals surface area contributed by atoms with Crippen LogP contribution in [0.4, 0.5) is 0 Å². The third-order valence-electron chi connectivity index (χ3n) is 16.1. The standard InChI is InChI=1S/C64H48N6/c1-40-36-49-38-63(37-40)39-54(63)64(49)52-26-14-24-50(41-28-32-47(33-29-41)61-67-57(43-16-6-2-7-17-43)65-58(68-61)44-18-8-3-9-19-44)55(52)56-51(25-15-27-53(56)64)42-30-34-48(35-31-42)62-69-59(45-20-10-4-11-21-45)66-60(70-62)46-22-12-5-13-23-46/h2-35,40,49,54H,36-39H2,1H3. The molecule has 2 heterocycles. The fourth-order valence-corrected chi connectivity index (χ4v) is 13.2. The van der Waals surface area contributed by atoms with E-state index in [1.807, 2.05) is 72.8 Å². The fourth-order valence-electron chi connectivity index (χ4n) is 13.2. The summed E-state index contributed by atoms with van der Waals surface area (Å²) in [6, 6.07) is 73.0. The van der Waals surface area contributed by atoms with Crippen molar-refractivity contribution in [2.75, 3.05) is 0 Å². The molecule has 8 aromatic carbocycles. The summed E-state index contributed by atoms with van der Waals surface area (Å²) in [5, 5.41) is 0. The quantitative estimate of drug-likeness (QED) is 0.151. The van der Waals surface area contributed by atoms with Crippen LogP contribution in [0.25, 0.3) is 102 Å². The molecule has 0 amide bonds. The lowest BCUT2D eigenvalue weighted by molar-refractivity contribution is 0.202. The van der Waals surface area contributed by atoms with E-state index in [0.29, 0.717) is 52.2 Å². The van der Waals surface area contributed by atoms with Gasteiger partial charge >= 0.3 is 0 Å². The summed E-state index contributed by atoms with van der Waals surface area (Å²) < 4.78 is 0. The van der Waals surface area contributed by atoms with Crippen LogP contribution in [0, 0.1) is 23.2 Å². The second-order valence-electron chi connectivity index (χ2n) is 20.1. The van der Waals surface area contributed by atoms with Crippen molar-refractivity contribution in [1.29, 1.82) is 0 Å². The molecule has 0 aliphatic heterocycles. The Labute approximate surface area is 408 Å². The Hall–Kier alpha value is -8.22. The van der Waals surface area contributed by atoms with Gasteiger partial charge < -0.3 is 0 Å². The molecule has 14 rings (SSSR count). The van der Waals surface area contributed by atoms with Crippen molar-refractivity contribution in [3.8, 4) is 102 Å². The van der Waals surface area contributed by atoms with E-state index >= 15 is 0 Å². The van der Waals surface area contributed by atoms with Gasteiger partial charge in [-0.15, -0.1) is 0 Å². The zero-order valence-corrected chi connectivity index (χ0v) is 38.9. The molecule has 0 N–H and O–H groups in total. The Balaban J connectivity index is 0.895. The molecule has 4 atom stereocenters. The Morgan fingerprint density at radius 2 is 0.657 bits per heavy atom. The Kier molecular flexibility index (Phi) is 9.29. The molecule has 2 aromatic heterocycles. The molecule has 0 saturated heterocycles. The minimum Gasteiger partial charge on any atom is -0.208 e. The van der Waals surface area contributed by atoms with Gasteiger partial charge in [0.1, 0.15) is 0 Å². The first-order chi connectivity index (χ1) is 34.5. The number of hydrogen-bond donors (Lipinski definition) is 0. The molecule has 4 aliphatic rings. The number of rotatable bonds is 8. The number of fused-ring (bicyclic) bond motifs is 8. The van der Waals surface area contributed by atoms with Gasteiger partial charge in [0.05, 0.1) is 0 Å². The second kappa shape index (κ2) is 15.9. The van der Waals surface area contributed by atoms with Crippen LogP contribution in [0.5, 0.6) is 0 Å². The summed E-state index contributed by atoms with van der Waals surface area (Å²) in [7, 11) is 0. The predicted molar refractivity (Wildman–Crippen MR) is 280 cm³/mol. The van der Waals surface area contributed by atoms with Crippen molar-refractivity contribution in [1.82, 2.24) is 29.9 Å². The van der Waals surface area contributed by atoms with E-state index in [0.717, 1.165) is 39.3 Å². The summed E-state index contributed by atoms with van der Waals surface area (Å²) in [6.45, 7) is 2.51. The minimum atomic E-state index is 0.000438. The molecule has 334 valence electrons. The predicted octanol–water partition coefficient (Wildman–Crippen LogP) is 15.1. The van der Waals surface area contributed by atoms with Crippen molar-refractivity contribution in [3.63, 3.8) is 0 Å². The molecule has 4 aliphatic carbocycles. The molecule has 10 aromatic rings. The van der Waals surface area contributed by atoms with Crippen molar-refractivity contribution >= 4 is 0 Å². The summed E-state index contributed by atoms with van der Waals surface area (Å²) in [6.07, 6.45) is 5.29. The normalized spacial score (nSPS) is 19.9. The molecule has 3 fully saturated rings. The summed E-state index contributed by atoms with van der Waals surface area (Å²) in [5.41, 5.74) is 17.0. The molecule has 6 heteroatoms. The van der Waals surface area contributed by atoms with Crippen molar-refractivity contribution in [3.05, 3.63) is 217 Å². The van der Waals surface area contributed by atoms with Crippen molar-refractivity contribution in [2.24, 2.45) is 23.2 Å². The SMILES string of the molecule is CC1CC2CC3(C1)CC3C21c2cccc(-c3ccc(-c4nc(-c5ccccc5)nc(-c5ccccc5)n4)cc3)c2-c2c(-c3ccc(-c4nc(-c5ccccc5)nc(-c5ccccc5)n4)cc3)cccc21. The van der Waals surface area contributed by atoms with E-state index in [-0.39, 0.29) is 5.41 Å². The van der Waals surface area contributed by atoms with Crippen LogP contribution >= 0.6 is 0 Å². The number of benzene rings is 8. The topological polar surface area (TPSA) is 77.3 Å². The maximum atomic E-state index is 5.06. The van der Waals surface area contributed by atoms with Gasteiger partial charge in [-0.1, -0.05) is 213 Å². The Bertz CT molecular complexity index is 3280. The zero-order chi connectivity index (χ0) is 46.4. The molecular weight excluding hydrogens is 853 g/mol. The minimum absolute atomic E-state index is 0.000438. The van der Waals surface area contributed by atoms with E-state index in [2.05, 4.69) is 140 Å². The summed E-state index contributed by atoms with van der Waals surface area (Å²) >= 11 is 0. The Morgan fingerprint density at radius 3 is 1.01 bits per heavy atom. The largest absolute Gasteiger partial charge is 0.208 e. The molecule has 0 radical (unpaired) electrons. The number of aromatic nitrogens is 6. The van der Waals surface area contributed by atoms with E-state index in [4.69, 9.17) is 29.9 Å². The highest BCUT2D eigenvalue weighted by molar-refractivity contribution is 6.00. The third kappa shape index (κ3) is 6.46. The smallest absolute Gasteiger partial charge is 0.164 e. The number of hydrogen-bond acceptors (Lipinski definition) is 6. The van der Waals surface area contributed by atoms with Crippen LogP contribution in [0.1, 0.15) is 43.7 Å². The molecule has 4 unspecified atom stereocenters. The Morgan fingerprint density at radius 1 is 0.329 bits per heavy atom. The van der Waals surface area contributed by atoms with Gasteiger partial charge in [-0.3, -0.25) is 0 Å². The lowest BCUT2D eigenvalue weighted by Crippen LogP contribution is -2.35. The molecule has 2 bridgehead atoms. The van der Waals surface area contributed by atoms with Crippen molar-refractivity contribution in [2.45, 2.75) is 38.0 Å². The van der Waals surface area contributed by atoms with E-state index in [1.165, 1.54) is 70.2 Å². The first-order valence-electron chi connectivity index (χ1n) is 24.8. The third-order valence-corrected chi connectivity index (χ3v) is 16.1. The van der Waals surface area contributed by atoms with Crippen LogP contribution in [0.15, 0.2) is 206 Å². The average molecular weight is 901 g/mol. The van der Waals surface area contributed by atoms with E-state index < -0.39 is 0 Å². The maximum Gasteiger partial charge on any atom is 0.164 e. The first-order valence-corrected chi connectivity index (χ1v) is 24.8. The van der Waals surface area contributed by atoms with Gasteiger partial charge in [-0.05, 0) is 93.4 Å². The van der Waals surface area contributed by atoms with Gasteiger partial charge in [0.2, 0.25) is 0 Å². The highest BCUT2D eigenvalue weighted by atomic mass is 15.0. The second-order valence-corrected chi connectivity index (χ2v) is 20.1. The van der Waals surface area contributed by atoms with Crippen LogP contribution in [0.3, 0.4) is 0 Å². The fraction of sp³-hybridized carbons (Fsp3) is 0.156. The van der Waals surface area contributed by atoms with Gasteiger partial charge in [0.25, 0.3) is 0 Å². The summed E-state index contributed by atoms with van der Waals surface area (Å²) in [4.78, 5) is 30.1. The molecule has 2 spiro atoms. The van der Waals surface area contributed by atoms with Gasteiger partial charge in [0, 0.05) is 38.8 Å². The lowest BCUT2D eigenvalue weighted by Gasteiger charge is -2.39. The van der Waals surface area contributed by atoms with Crippen LogP contribution in [-0.2, 0) is 5.41 Å². The highest BCUT2D eigenvalue weighted by Crippen LogP contribution is 2.82. The van der Waals surface area contributed by atoms with Crippen LogP contribution in [-0.4, -0.2) is 29.9 Å². The lowest BCUT2D eigenvalue weighted by atomic mass is 9.64. The van der Waals surface area contributed by atoms with E-state index in [9.17, 15) is 0 Å². The highest BCUT2D eigenvalue weighted by Gasteiger charge is 2.76. The molecule has 6 nitrogen and oxygen atoms in total.